The Hall–Kier alpha value is -1.39. The number of hydrogen-bond donors (Lipinski definition) is 0. The third-order valence-electron chi connectivity index (χ3n) is 4.47. The molecule has 1 aromatic rings. The Morgan fingerprint density at radius 2 is 1.96 bits per heavy atom. The van der Waals surface area contributed by atoms with Gasteiger partial charge in [0.2, 0.25) is 0 Å². The number of hydrogen-bond acceptors (Lipinski definition) is 4. The van der Waals surface area contributed by atoms with E-state index in [1.165, 1.54) is 24.1 Å². The first-order valence-corrected chi connectivity index (χ1v) is 9.83. The number of nitrogens with zero attached hydrogens (tertiary/aromatic N) is 2. The second-order valence-corrected chi connectivity index (χ2v) is 8.62. The Balaban J connectivity index is 1.99. The Morgan fingerprint density at radius 3 is 2.60 bits per heavy atom. The standard InChI is InChI=1S/C15H17F3N2O3S2/c1-23-6-5-19-12-8-25(21,22)9-13(12)20(14(19)24)11-4-2-3-10(7-11)15(16,17)18/h2-4,7,12-13H,5-6,8-9H2,1H3/t12-,13+/m0/s1. The number of alkyl halides is 3. The van der Waals surface area contributed by atoms with Crippen LogP contribution in [0.4, 0.5) is 18.9 Å². The van der Waals surface area contributed by atoms with Crippen LogP contribution in [0.5, 0.6) is 0 Å². The highest BCUT2D eigenvalue weighted by Gasteiger charge is 2.52. The third-order valence-corrected chi connectivity index (χ3v) is 6.60. The summed E-state index contributed by atoms with van der Waals surface area (Å²) in [5.41, 5.74) is -0.535. The first-order valence-electron chi connectivity index (χ1n) is 7.60. The number of methoxy groups -OCH3 is 1. The second kappa shape index (κ2) is 6.40. The van der Waals surface area contributed by atoms with E-state index in [1.54, 1.807) is 4.90 Å². The highest BCUT2D eigenvalue weighted by molar-refractivity contribution is 7.91. The zero-order chi connectivity index (χ0) is 18.4. The Kier molecular flexibility index (Phi) is 4.71. The molecule has 0 amide bonds. The molecule has 2 heterocycles. The van der Waals surface area contributed by atoms with Crippen LogP contribution in [-0.4, -0.2) is 62.3 Å². The lowest BCUT2D eigenvalue weighted by atomic mass is 10.1. The van der Waals surface area contributed by atoms with Crippen LogP contribution < -0.4 is 4.90 Å². The number of anilines is 1. The molecule has 0 aliphatic carbocycles. The normalized spacial score (nSPS) is 25.5. The number of halogens is 3. The fourth-order valence-electron chi connectivity index (χ4n) is 3.36. The highest BCUT2D eigenvalue weighted by atomic mass is 32.2. The molecule has 0 unspecified atom stereocenters. The van der Waals surface area contributed by atoms with E-state index >= 15 is 0 Å². The minimum Gasteiger partial charge on any atom is -0.383 e. The Labute approximate surface area is 149 Å². The monoisotopic (exact) mass is 394 g/mol. The predicted molar refractivity (Wildman–Crippen MR) is 91.3 cm³/mol. The first kappa shape index (κ1) is 18.4. The van der Waals surface area contributed by atoms with Crippen LogP contribution in [0.1, 0.15) is 5.56 Å². The minimum atomic E-state index is -4.48. The molecule has 0 aromatic heterocycles. The van der Waals surface area contributed by atoms with Gasteiger partial charge in [0, 0.05) is 19.3 Å². The van der Waals surface area contributed by atoms with Gasteiger partial charge in [0.25, 0.3) is 0 Å². The average Bonchev–Trinajstić information content (AvgIpc) is 2.94. The molecule has 2 fully saturated rings. The number of rotatable bonds is 4. The first-order chi connectivity index (χ1) is 11.6. The second-order valence-electron chi connectivity index (χ2n) is 6.10. The van der Waals surface area contributed by atoms with E-state index in [1.807, 2.05) is 0 Å². The molecule has 10 heteroatoms. The number of sulfone groups is 1. The number of thiocarbonyl (C=S) groups is 1. The van der Waals surface area contributed by atoms with Gasteiger partial charge in [0.15, 0.2) is 14.9 Å². The van der Waals surface area contributed by atoms with Crippen molar-refractivity contribution in [2.75, 3.05) is 36.7 Å². The van der Waals surface area contributed by atoms with E-state index in [-0.39, 0.29) is 23.2 Å². The van der Waals surface area contributed by atoms with E-state index in [0.29, 0.717) is 18.3 Å². The highest BCUT2D eigenvalue weighted by Crippen LogP contribution is 2.37. The largest absolute Gasteiger partial charge is 0.416 e. The molecule has 0 N–H and O–H groups in total. The van der Waals surface area contributed by atoms with Crippen molar-refractivity contribution in [3.8, 4) is 0 Å². The molecule has 2 saturated heterocycles. The molecule has 2 atom stereocenters. The summed E-state index contributed by atoms with van der Waals surface area (Å²) in [5.74, 6) is -0.186. The average molecular weight is 394 g/mol. The number of ether oxygens (including phenoxy) is 1. The predicted octanol–water partition coefficient (Wildman–Crippen LogP) is 1.92. The van der Waals surface area contributed by atoms with Gasteiger partial charge in [-0.3, -0.25) is 0 Å². The van der Waals surface area contributed by atoms with Crippen molar-refractivity contribution in [2.24, 2.45) is 0 Å². The number of fused-ring (bicyclic) bond motifs is 1. The molecule has 0 radical (unpaired) electrons. The van der Waals surface area contributed by atoms with E-state index in [0.717, 1.165) is 12.1 Å². The fraction of sp³-hybridized carbons (Fsp3) is 0.533. The lowest BCUT2D eigenvalue weighted by Gasteiger charge is -2.26. The van der Waals surface area contributed by atoms with Crippen LogP contribution in [0.3, 0.4) is 0 Å². The summed E-state index contributed by atoms with van der Waals surface area (Å²) in [5, 5.41) is 0.335. The molecule has 3 rings (SSSR count). The van der Waals surface area contributed by atoms with Crippen LogP contribution in [-0.2, 0) is 20.8 Å². The summed E-state index contributed by atoms with van der Waals surface area (Å²) < 4.78 is 68.2. The molecule has 1 aromatic carbocycles. The Morgan fingerprint density at radius 1 is 1.28 bits per heavy atom. The van der Waals surface area contributed by atoms with E-state index in [2.05, 4.69) is 0 Å². The van der Waals surface area contributed by atoms with Gasteiger partial charge in [-0.2, -0.15) is 13.2 Å². The molecule has 2 aliphatic heterocycles. The van der Waals surface area contributed by atoms with Gasteiger partial charge in [-0.1, -0.05) is 6.07 Å². The van der Waals surface area contributed by atoms with Crippen molar-refractivity contribution in [3.05, 3.63) is 29.8 Å². The van der Waals surface area contributed by atoms with Gasteiger partial charge in [0.05, 0.1) is 35.8 Å². The van der Waals surface area contributed by atoms with Crippen molar-refractivity contribution < 1.29 is 26.3 Å². The topological polar surface area (TPSA) is 49.9 Å². The van der Waals surface area contributed by atoms with E-state index < -0.39 is 27.6 Å². The maximum Gasteiger partial charge on any atom is 0.416 e. The number of benzene rings is 1. The summed E-state index contributed by atoms with van der Waals surface area (Å²) in [4.78, 5) is 3.28. The van der Waals surface area contributed by atoms with Crippen LogP contribution in [0.25, 0.3) is 0 Å². The zero-order valence-corrected chi connectivity index (χ0v) is 15.0. The van der Waals surface area contributed by atoms with Gasteiger partial charge < -0.3 is 14.5 Å². The van der Waals surface area contributed by atoms with Gasteiger partial charge in [-0.25, -0.2) is 8.42 Å². The SMILES string of the molecule is COCCN1C(=S)N(c2cccc(C(F)(F)F)c2)[C@@H]2CS(=O)(=O)C[C@@H]21. The van der Waals surface area contributed by atoms with Crippen LogP contribution in [0.2, 0.25) is 0 Å². The molecule has 0 spiro atoms. The molecule has 138 valence electrons. The minimum absolute atomic E-state index is 0.0585. The molecule has 2 aliphatic rings. The van der Waals surface area contributed by atoms with Crippen LogP contribution in [0.15, 0.2) is 24.3 Å². The molecule has 0 saturated carbocycles. The van der Waals surface area contributed by atoms with Gasteiger partial charge in [-0.05, 0) is 30.4 Å². The van der Waals surface area contributed by atoms with Crippen molar-refractivity contribution in [1.29, 1.82) is 0 Å². The maximum atomic E-state index is 13.0. The molecular weight excluding hydrogens is 377 g/mol. The summed E-state index contributed by atoms with van der Waals surface area (Å²) in [6.45, 7) is 0.737. The summed E-state index contributed by atoms with van der Waals surface area (Å²) in [6.07, 6.45) is -4.48. The molecule has 25 heavy (non-hydrogen) atoms. The molecular formula is C15H17F3N2O3S2. The third kappa shape index (κ3) is 3.47. The lowest BCUT2D eigenvalue weighted by Crippen LogP contribution is -2.39. The Bertz CT molecular complexity index is 782. The molecule has 0 bridgehead atoms. The quantitative estimate of drug-likeness (QED) is 0.728. The van der Waals surface area contributed by atoms with Gasteiger partial charge >= 0.3 is 6.18 Å². The van der Waals surface area contributed by atoms with Crippen LogP contribution >= 0.6 is 12.2 Å². The lowest BCUT2D eigenvalue weighted by molar-refractivity contribution is -0.137. The fourth-order valence-corrected chi connectivity index (χ4v) is 5.78. The van der Waals surface area contributed by atoms with Crippen molar-refractivity contribution in [1.82, 2.24) is 4.90 Å². The maximum absolute atomic E-state index is 13.0. The van der Waals surface area contributed by atoms with Gasteiger partial charge in [-0.15, -0.1) is 0 Å². The van der Waals surface area contributed by atoms with Crippen molar-refractivity contribution in [3.63, 3.8) is 0 Å². The summed E-state index contributed by atoms with van der Waals surface area (Å²) >= 11 is 5.44. The van der Waals surface area contributed by atoms with Gasteiger partial charge in [0.1, 0.15) is 0 Å². The van der Waals surface area contributed by atoms with Crippen molar-refractivity contribution in [2.45, 2.75) is 18.3 Å². The van der Waals surface area contributed by atoms with E-state index in [4.69, 9.17) is 17.0 Å². The van der Waals surface area contributed by atoms with Crippen molar-refractivity contribution >= 4 is 32.9 Å². The zero-order valence-electron chi connectivity index (χ0n) is 13.4. The van der Waals surface area contributed by atoms with E-state index in [9.17, 15) is 21.6 Å². The van der Waals surface area contributed by atoms with Crippen LogP contribution in [0, 0.1) is 0 Å². The summed E-state index contributed by atoms with van der Waals surface area (Å²) in [6, 6.07) is 3.95. The molecule has 5 nitrogen and oxygen atoms in total. The smallest absolute Gasteiger partial charge is 0.383 e. The summed E-state index contributed by atoms with van der Waals surface area (Å²) in [7, 11) is -1.75.